The fraction of sp³-hybridized carbons (Fsp3) is 0. The van der Waals surface area contributed by atoms with Gasteiger partial charge >= 0.3 is 0 Å². The van der Waals surface area contributed by atoms with Crippen LogP contribution in [0, 0.1) is 6.07 Å². The normalized spacial score (nSPS) is 10.2. The van der Waals surface area contributed by atoms with E-state index in [9.17, 15) is 0 Å². The summed E-state index contributed by atoms with van der Waals surface area (Å²) >= 11 is 0. The summed E-state index contributed by atoms with van der Waals surface area (Å²) in [6, 6.07) is 2.81. The Morgan fingerprint density at radius 1 is 1.38 bits per heavy atom. The van der Waals surface area contributed by atoms with Crippen LogP contribution in [-0.4, -0.2) is 20.2 Å². The quantitative estimate of drug-likeness (QED) is 0.557. The van der Waals surface area contributed by atoms with Crippen molar-refractivity contribution in [1.29, 1.82) is 0 Å². The molecule has 0 unspecified atom stereocenters. The average Bonchev–Trinajstić information content (AvgIpc) is 2.51. The lowest BCUT2D eigenvalue weighted by Gasteiger charge is -1.96. The van der Waals surface area contributed by atoms with Crippen LogP contribution in [0.5, 0.6) is 0 Å². The smallest absolute Gasteiger partial charge is 0.220 e. The zero-order valence-electron chi connectivity index (χ0n) is 6.65. The Kier molecular flexibility index (Phi) is 1.59. The van der Waals surface area contributed by atoms with Crippen LogP contribution in [0.25, 0.3) is 11.3 Å². The first-order valence-corrected chi connectivity index (χ1v) is 3.57. The number of hydrogen-bond acceptors (Lipinski definition) is 5. The van der Waals surface area contributed by atoms with Crippen molar-refractivity contribution in [3.05, 3.63) is 18.5 Å². The molecule has 0 amide bonds. The lowest BCUT2D eigenvalue weighted by molar-refractivity contribution is 1.10. The molecular weight excluding hydrogens is 168 g/mol. The molecule has 0 aliphatic carbocycles. The van der Waals surface area contributed by atoms with Crippen LogP contribution in [0.4, 0.5) is 11.8 Å². The van der Waals surface area contributed by atoms with Crippen molar-refractivity contribution in [3.63, 3.8) is 0 Å². The van der Waals surface area contributed by atoms with E-state index in [4.69, 9.17) is 11.5 Å². The van der Waals surface area contributed by atoms with Crippen LogP contribution in [0.3, 0.4) is 0 Å². The molecule has 5 N–H and O–H groups in total. The Balaban J connectivity index is 2.53. The molecule has 0 atom stereocenters. The van der Waals surface area contributed by atoms with Gasteiger partial charge in [-0.3, -0.25) is 5.10 Å². The highest BCUT2D eigenvalue weighted by atomic mass is 15.1. The molecule has 2 rings (SSSR count). The first-order valence-electron chi connectivity index (χ1n) is 3.57. The Bertz CT molecular complexity index is 420. The average molecular weight is 175 g/mol. The summed E-state index contributed by atoms with van der Waals surface area (Å²) in [5.74, 6) is 0.559. The summed E-state index contributed by atoms with van der Waals surface area (Å²) < 4.78 is 0. The molecule has 0 aromatic carbocycles. The van der Waals surface area contributed by atoms with Gasteiger partial charge in [0.2, 0.25) is 5.95 Å². The zero-order valence-corrected chi connectivity index (χ0v) is 6.65. The Morgan fingerprint density at radius 2 is 2.23 bits per heavy atom. The number of hydrogen-bond donors (Lipinski definition) is 3. The van der Waals surface area contributed by atoms with E-state index < -0.39 is 0 Å². The SMILES string of the molecule is Nc1nc[c]c(-c2c[nH]nc2N)n1. The standard InChI is InChI=1S/C7H7N6/c8-6-4(3-11-13-6)5-1-2-10-7(9)12-5/h2-3H,(H3,8,11,13)(H2,9,10,12). The molecule has 2 aromatic heterocycles. The van der Waals surface area contributed by atoms with E-state index in [1.807, 2.05) is 0 Å². The van der Waals surface area contributed by atoms with Gasteiger partial charge in [0.05, 0.1) is 11.3 Å². The van der Waals surface area contributed by atoms with E-state index in [-0.39, 0.29) is 5.95 Å². The molecule has 6 heteroatoms. The maximum absolute atomic E-state index is 5.56. The molecule has 0 bridgehead atoms. The van der Waals surface area contributed by atoms with Crippen LogP contribution in [0.2, 0.25) is 0 Å². The number of nitrogens with one attached hydrogen (secondary N) is 1. The van der Waals surface area contributed by atoms with Crippen molar-refractivity contribution >= 4 is 11.8 Å². The van der Waals surface area contributed by atoms with Crippen LogP contribution in [0.15, 0.2) is 12.4 Å². The number of aromatic nitrogens is 4. The van der Waals surface area contributed by atoms with Gasteiger partial charge < -0.3 is 11.5 Å². The van der Waals surface area contributed by atoms with Crippen molar-refractivity contribution in [2.24, 2.45) is 0 Å². The summed E-state index contributed by atoms with van der Waals surface area (Å²) in [5, 5.41) is 6.37. The number of H-pyrrole nitrogens is 1. The fourth-order valence-corrected chi connectivity index (χ4v) is 0.963. The van der Waals surface area contributed by atoms with Gasteiger partial charge in [0.25, 0.3) is 0 Å². The predicted molar refractivity (Wildman–Crippen MR) is 47.3 cm³/mol. The highest BCUT2D eigenvalue weighted by molar-refractivity contribution is 5.69. The van der Waals surface area contributed by atoms with Crippen molar-refractivity contribution in [2.45, 2.75) is 0 Å². The molecule has 1 radical (unpaired) electrons. The predicted octanol–water partition coefficient (Wildman–Crippen LogP) is -0.169. The van der Waals surface area contributed by atoms with Crippen LogP contribution in [-0.2, 0) is 0 Å². The van der Waals surface area contributed by atoms with E-state index in [2.05, 4.69) is 26.2 Å². The molecule has 0 aliphatic heterocycles. The molecule has 6 nitrogen and oxygen atoms in total. The maximum atomic E-state index is 5.56. The number of aromatic amines is 1. The molecule has 0 saturated heterocycles. The van der Waals surface area contributed by atoms with Gasteiger partial charge in [-0.15, -0.1) is 0 Å². The first kappa shape index (κ1) is 7.53. The maximum Gasteiger partial charge on any atom is 0.220 e. The molecule has 65 valence electrons. The minimum absolute atomic E-state index is 0.189. The lowest BCUT2D eigenvalue weighted by atomic mass is 10.2. The highest BCUT2D eigenvalue weighted by Crippen LogP contribution is 2.20. The summed E-state index contributed by atoms with van der Waals surface area (Å²) in [7, 11) is 0. The van der Waals surface area contributed by atoms with E-state index in [0.29, 0.717) is 17.1 Å². The van der Waals surface area contributed by atoms with Gasteiger partial charge in [-0.05, 0) is 0 Å². The summed E-state index contributed by atoms with van der Waals surface area (Å²) in [5.41, 5.74) is 12.2. The largest absolute Gasteiger partial charge is 0.382 e. The number of nitrogens with zero attached hydrogens (tertiary/aromatic N) is 3. The third kappa shape index (κ3) is 1.28. The Hall–Kier alpha value is -2.11. The molecular formula is C7H7N6. The summed E-state index contributed by atoms with van der Waals surface area (Å²) in [4.78, 5) is 7.67. The fourth-order valence-electron chi connectivity index (χ4n) is 0.963. The van der Waals surface area contributed by atoms with Gasteiger partial charge in [-0.25, -0.2) is 9.97 Å². The van der Waals surface area contributed by atoms with Crippen LogP contribution in [0.1, 0.15) is 0 Å². The second-order valence-corrected chi connectivity index (χ2v) is 2.41. The molecule has 0 fully saturated rings. The van der Waals surface area contributed by atoms with Crippen LogP contribution < -0.4 is 11.5 Å². The van der Waals surface area contributed by atoms with Gasteiger partial charge in [-0.1, -0.05) is 0 Å². The van der Waals surface area contributed by atoms with Crippen molar-refractivity contribution in [2.75, 3.05) is 11.5 Å². The third-order valence-corrected chi connectivity index (χ3v) is 1.55. The number of rotatable bonds is 1. The van der Waals surface area contributed by atoms with Crippen molar-refractivity contribution in [3.8, 4) is 11.3 Å². The van der Waals surface area contributed by atoms with Crippen LogP contribution >= 0.6 is 0 Å². The monoisotopic (exact) mass is 175 g/mol. The zero-order chi connectivity index (χ0) is 9.26. The minimum Gasteiger partial charge on any atom is -0.382 e. The molecule has 0 saturated carbocycles. The number of nitrogens with two attached hydrogens (primary N) is 2. The van der Waals surface area contributed by atoms with E-state index in [1.165, 1.54) is 6.20 Å². The van der Waals surface area contributed by atoms with Crippen molar-refractivity contribution < 1.29 is 0 Å². The van der Waals surface area contributed by atoms with Gasteiger partial charge in [0.1, 0.15) is 0 Å². The molecule has 2 aromatic rings. The van der Waals surface area contributed by atoms with Gasteiger partial charge in [-0.2, -0.15) is 5.10 Å². The first-order chi connectivity index (χ1) is 6.27. The number of anilines is 2. The second-order valence-electron chi connectivity index (χ2n) is 2.41. The lowest BCUT2D eigenvalue weighted by Crippen LogP contribution is -1.96. The van der Waals surface area contributed by atoms with E-state index in [1.54, 1.807) is 6.20 Å². The molecule has 13 heavy (non-hydrogen) atoms. The summed E-state index contributed by atoms with van der Waals surface area (Å²) in [6.07, 6.45) is 3.08. The topological polar surface area (TPSA) is 106 Å². The second kappa shape index (κ2) is 2.74. The summed E-state index contributed by atoms with van der Waals surface area (Å²) in [6.45, 7) is 0. The van der Waals surface area contributed by atoms with Gasteiger partial charge in [0, 0.05) is 18.5 Å². The highest BCUT2D eigenvalue weighted by Gasteiger charge is 2.06. The number of nitrogen functional groups attached to an aromatic ring is 2. The molecule has 0 spiro atoms. The van der Waals surface area contributed by atoms with Gasteiger partial charge in [0.15, 0.2) is 5.82 Å². The minimum atomic E-state index is 0.189. The molecule has 2 heterocycles. The third-order valence-electron chi connectivity index (χ3n) is 1.55. The van der Waals surface area contributed by atoms with E-state index >= 15 is 0 Å². The van der Waals surface area contributed by atoms with E-state index in [0.717, 1.165) is 0 Å². The Labute approximate surface area is 74.0 Å². The van der Waals surface area contributed by atoms with Crippen molar-refractivity contribution in [1.82, 2.24) is 20.2 Å². The Morgan fingerprint density at radius 3 is 2.85 bits per heavy atom. The molecule has 0 aliphatic rings.